The van der Waals surface area contributed by atoms with Crippen LogP contribution in [0.25, 0.3) is 0 Å². The van der Waals surface area contributed by atoms with Gasteiger partial charge in [0.05, 0.1) is 26.8 Å². The minimum atomic E-state index is -3.74. The van der Waals surface area contributed by atoms with Crippen LogP contribution in [0.2, 0.25) is 0 Å². The molecule has 0 unspecified atom stereocenters. The summed E-state index contributed by atoms with van der Waals surface area (Å²) in [5.41, 5.74) is 2.12. The van der Waals surface area contributed by atoms with Crippen molar-refractivity contribution in [1.82, 2.24) is 0 Å². The highest BCUT2D eigenvalue weighted by molar-refractivity contribution is 9.10. The van der Waals surface area contributed by atoms with E-state index in [9.17, 15) is 18.0 Å². The van der Waals surface area contributed by atoms with Crippen LogP contribution in [0.15, 0.2) is 50.7 Å². The van der Waals surface area contributed by atoms with Crippen molar-refractivity contribution in [3.8, 4) is 0 Å². The number of nitrogens with one attached hydrogen (secondary N) is 2. The first-order valence-corrected chi connectivity index (χ1v) is 12.2. The van der Waals surface area contributed by atoms with Gasteiger partial charge in [0.15, 0.2) is 9.84 Å². The number of benzene rings is 2. The number of halogens is 1. The van der Waals surface area contributed by atoms with E-state index in [1.807, 2.05) is 19.1 Å². The van der Waals surface area contributed by atoms with E-state index in [1.165, 1.54) is 30.8 Å². The zero-order valence-electron chi connectivity index (χ0n) is 16.2. The molecule has 1 heterocycles. The minimum absolute atomic E-state index is 0.0866. The minimum Gasteiger partial charge on any atom is -0.325 e. The summed E-state index contributed by atoms with van der Waals surface area (Å²) < 4.78 is 26.6. The lowest BCUT2D eigenvalue weighted by Gasteiger charge is -2.22. The van der Waals surface area contributed by atoms with Crippen LogP contribution in [0, 0.1) is 6.92 Å². The lowest BCUT2D eigenvalue weighted by molar-refractivity contribution is -0.116. The molecule has 3 rings (SSSR count). The molecule has 0 spiro atoms. The Morgan fingerprint density at radius 3 is 2.69 bits per heavy atom. The number of rotatable bonds is 5. The molecule has 2 aromatic rings. The molecule has 2 aromatic carbocycles. The molecule has 2 amide bonds. The van der Waals surface area contributed by atoms with E-state index in [4.69, 9.17) is 0 Å². The molecule has 2 atom stereocenters. The highest BCUT2D eigenvalue weighted by atomic mass is 79.9. The fourth-order valence-electron chi connectivity index (χ4n) is 2.89. The second-order valence-electron chi connectivity index (χ2n) is 7.00. The molecule has 0 aliphatic carbocycles. The maximum Gasteiger partial charge on any atom is 0.237 e. The molecule has 0 saturated heterocycles. The summed E-state index contributed by atoms with van der Waals surface area (Å²) in [5.74, 6) is -0.547. The molecule has 9 heteroatoms. The fraction of sp³-hybridized carbons (Fsp3) is 0.300. The number of carbonyl (C=O) groups is 2. The maximum atomic E-state index is 13.0. The lowest BCUT2D eigenvalue weighted by Crippen LogP contribution is -2.27. The van der Waals surface area contributed by atoms with E-state index in [0.29, 0.717) is 11.4 Å². The van der Waals surface area contributed by atoms with Crippen LogP contribution in [0.1, 0.15) is 25.8 Å². The van der Waals surface area contributed by atoms with Crippen molar-refractivity contribution in [2.45, 2.75) is 47.5 Å². The van der Waals surface area contributed by atoms with Crippen molar-refractivity contribution in [2.75, 3.05) is 10.6 Å². The standard InChI is InChI=1S/C20H21BrN2O4S2/c1-11-4-6-16(15(21)8-11)22-19(24)9-12(2)29(26,27)14-5-7-18-17(10-14)23-20(25)13(3)28-18/h4-8,10,12-13H,9H2,1-3H3,(H,22,24)(H,23,25)/t12-,13-/m1/s1. The summed E-state index contributed by atoms with van der Waals surface area (Å²) in [5, 5.41) is 4.33. The number of aryl methyl sites for hydroxylation is 1. The summed E-state index contributed by atoms with van der Waals surface area (Å²) in [6.45, 7) is 5.24. The normalized spacial score (nSPS) is 17.2. The van der Waals surface area contributed by atoms with Gasteiger partial charge in [0.2, 0.25) is 11.8 Å². The topological polar surface area (TPSA) is 92.3 Å². The van der Waals surface area contributed by atoms with Gasteiger partial charge in [-0.15, -0.1) is 11.8 Å². The van der Waals surface area contributed by atoms with Gasteiger partial charge < -0.3 is 10.6 Å². The molecule has 1 aliphatic heterocycles. The van der Waals surface area contributed by atoms with Crippen LogP contribution in [0.4, 0.5) is 11.4 Å². The second-order valence-corrected chi connectivity index (χ2v) is 11.6. The van der Waals surface area contributed by atoms with Crippen LogP contribution < -0.4 is 10.6 Å². The SMILES string of the molecule is Cc1ccc(NC(=O)C[C@@H](C)S(=O)(=O)c2ccc3c(c2)NC(=O)[C@@H](C)S3)c(Br)c1. The number of hydrogen-bond donors (Lipinski definition) is 2. The van der Waals surface area contributed by atoms with Crippen molar-refractivity contribution < 1.29 is 18.0 Å². The van der Waals surface area contributed by atoms with Gasteiger partial charge in [-0.3, -0.25) is 9.59 Å². The Hall–Kier alpha value is -1.84. The molecule has 0 saturated carbocycles. The van der Waals surface area contributed by atoms with Crippen molar-refractivity contribution in [2.24, 2.45) is 0 Å². The number of thioether (sulfide) groups is 1. The number of carbonyl (C=O) groups excluding carboxylic acids is 2. The molecular formula is C20H21BrN2O4S2. The van der Waals surface area contributed by atoms with Gasteiger partial charge in [-0.1, -0.05) is 6.07 Å². The van der Waals surface area contributed by atoms with E-state index in [1.54, 1.807) is 19.1 Å². The third kappa shape index (κ3) is 4.84. The van der Waals surface area contributed by atoms with Gasteiger partial charge in [-0.2, -0.15) is 0 Å². The third-order valence-electron chi connectivity index (χ3n) is 4.61. The molecule has 29 heavy (non-hydrogen) atoms. The van der Waals surface area contributed by atoms with Gasteiger partial charge in [0, 0.05) is 15.8 Å². The predicted octanol–water partition coefficient (Wildman–Crippen LogP) is 4.38. The van der Waals surface area contributed by atoms with E-state index in [0.717, 1.165) is 14.9 Å². The molecule has 0 aromatic heterocycles. The largest absolute Gasteiger partial charge is 0.325 e. The monoisotopic (exact) mass is 496 g/mol. The molecular weight excluding hydrogens is 476 g/mol. The van der Waals surface area contributed by atoms with Crippen LogP contribution in [-0.2, 0) is 19.4 Å². The fourth-order valence-corrected chi connectivity index (χ4v) is 5.79. The predicted molar refractivity (Wildman–Crippen MR) is 119 cm³/mol. The summed E-state index contributed by atoms with van der Waals surface area (Å²) in [6, 6.07) is 10.2. The maximum absolute atomic E-state index is 13.0. The summed E-state index contributed by atoms with van der Waals surface area (Å²) in [7, 11) is -3.74. The number of anilines is 2. The van der Waals surface area contributed by atoms with E-state index in [2.05, 4.69) is 26.6 Å². The number of sulfone groups is 1. The molecule has 0 fully saturated rings. The van der Waals surface area contributed by atoms with Crippen molar-refractivity contribution in [3.63, 3.8) is 0 Å². The Balaban J connectivity index is 1.74. The van der Waals surface area contributed by atoms with Crippen LogP contribution in [0.5, 0.6) is 0 Å². The summed E-state index contributed by atoms with van der Waals surface area (Å²) in [6.07, 6.45) is -0.183. The summed E-state index contributed by atoms with van der Waals surface area (Å²) in [4.78, 5) is 25.2. The first-order valence-electron chi connectivity index (χ1n) is 8.99. The Morgan fingerprint density at radius 2 is 2.00 bits per heavy atom. The first kappa shape index (κ1) is 21.9. The van der Waals surface area contributed by atoms with Crippen molar-refractivity contribution >= 4 is 60.7 Å². The van der Waals surface area contributed by atoms with Crippen LogP contribution in [-0.4, -0.2) is 30.7 Å². The van der Waals surface area contributed by atoms with Crippen molar-refractivity contribution in [1.29, 1.82) is 0 Å². The molecule has 1 aliphatic rings. The zero-order chi connectivity index (χ0) is 21.3. The highest BCUT2D eigenvalue weighted by Gasteiger charge is 2.29. The average Bonchev–Trinajstić information content (AvgIpc) is 2.64. The lowest BCUT2D eigenvalue weighted by atomic mass is 10.2. The second kappa shape index (κ2) is 8.49. The Kier molecular flexibility index (Phi) is 6.40. The van der Waals surface area contributed by atoms with E-state index < -0.39 is 15.1 Å². The van der Waals surface area contributed by atoms with E-state index in [-0.39, 0.29) is 28.4 Å². The Labute approximate surface area is 182 Å². The molecule has 6 nitrogen and oxygen atoms in total. The smallest absolute Gasteiger partial charge is 0.237 e. The van der Waals surface area contributed by atoms with Crippen LogP contribution in [0.3, 0.4) is 0 Å². The number of amides is 2. The average molecular weight is 497 g/mol. The van der Waals surface area contributed by atoms with Crippen LogP contribution >= 0.6 is 27.7 Å². The molecule has 0 bridgehead atoms. The molecule has 154 valence electrons. The number of hydrogen-bond acceptors (Lipinski definition) is 5. The van der Waals surface area contributed by atoms with Gasteiger partial charge in [0.25, 0.3) is 0 Å². The quantitative estimate of drug-likeness (QED) is 0.640. The van der Waals surface area contributed by atoms with Gasteiger partial charge in [-0.25, -0.2) is 8.42 Å². The third-order valence-corrected chi connectivity index (χ3v) is 8.58. The van der Waals surface area contributed by atoms with Gasteiger partial charge in [0.1, 0.15) is 0 Å². The van der Waals surface area contributed by atoms with E-state index >= 15 is 0 Å². The Bertz CT molecular complexity index is 1090. The Morgan fingerprint density at radius 1 is 1.28 bits per heavy atom. The van der Waals surface area contributed by atoms with Crippen molar-refractivity contribution in [3.05, 3.63) is 46.4 Å². The van der Waals surface area contributed by atoms with Gasteiger partial charge >= 0.3 is 0 Å². The summed E-state index contributed by atoms with van der Waals surface area (Å²) >= 11 is 4.78. The zero-order valence-corrected chi connectivity index (χ0v) is 19.4. The first-order chi connectivity index (χ1) is 13.6. The van der Waals surface area contributed by atoms with Gasteiger partial charge in [-0.05, 0) is 72.6 Å². The molecule has 0 radical (unpaired) electrons. The highest BCUT2D eigenvalue weighted by Crippen LogP contribution is 2.37. The number of fused-ring (bicyclic) bond motifs is 1. The molecule has 2 N–H and O–H groups in total.